The highest BCUT2D eigenvalue weighted by molar-refractivity contribution is 5.85. The summed E-state index contributed by atoms with van der Waals surface area (Å²) in [7, 11) is 0. The van der Waals surface area contributed by atoms with Crippen molar-refractivity contribution < 1.29 is 4.79 Å². The van der Waals surface area contributed by atoms with E-state index >= 15 is 0 Å². The van der Waals surface area contributed by atoms with Crippen molar-refractivity contribution in [3.8, 4) is 0 Å². The van der Waals surface area contributed by atoms with E-state index in [0.717, 1.165) is 44.7 Å². The van der Waals surface area contributed by atoms with E-state index in [-0.39, 0.29) is 5.41 Å². The van der Waals surface area contributed by atoms with Gasteiger partial charge in [-0.2, -0.15) is 0 Å². The molecule has 1 aromatic rings. The maximum Gasteiger partial charge on any atom is 0.230 e. The van der Waals surface area contributed by atoms with Crippen LogP contribution in [0.3, 0.4) is 0 Å². The van der Waals surface area contributed by atoms with Crippen LogP contribution in [0.25, 0.3) is 0 Å². The molecule has 0 unspecified atom stereocenters. The van der Waals surface area contributed by atoms with Crippen LogP contribution in [0.4, 0.5) is 0 Å². The van der Waals surface area contributed by atoms with Crippen LogP contribution in [-0.2, 0) is 11.3 Å². The van der Waals surface area contributed by atoms with Crippen molar-refractivity contribution in [2.24, 2.45) is 11.3 Å². The zero-order chi connectivity index (χ0) is 14.9. The molecular weight excluding hydrogens is 262 g/mol. The second kappa shape index (κ2) is 5.76. The number of pyridine rings is 1. The second-order valence-electron chi connectivity index (χ2n) is 6.96. The van der Waals surface area contributed by atoms with Crippen molar-refractivity contribution in [3.05, 3.63) is 30.1 Å². The Morgan fingerprint density at radius 2 is 2.10 bits per heavy atom. The van der Waals surface area contributed by atoms with E-state index in [1.54, 1.807) is 6.20 Å². The molecule has 0 bridgehead atoms. The molecule has 4 heteroatoms. The first-order valence-electron chi connectivity index (χ1n) is 8.01. The number of carbonyl (C=O) groups excluding carboxylic acids is 1. The van der Waals surface area contributed by atoms with Crippen LogP contribution in [0.2, 0.25) is 0 Å². The van der Waals surface area contributed by atoms with Crippen LogP contribution in [-0.4, -0.2) is 46.9 Å². The summed E-state index contributed by atoms with van der Waals surface area (Å²) in [5.41, 5.74) is 0.879. The molecule has 4 nitrogen and oxygen atoms in total. The molecule has 2 fully saturated rings. The van der Waals surface area contributed by atoms with Crippen molar-refractivity contribution in [2.45, 2.75) is 33.2 Å². The van der Waals surface area contributed by atoms with E-state index in [2.05, 4.69) is 23.7 Å². The number of hydrogen-bond donors (Lipinski definition) is 0. The van der Waals surface area contributed by atoms with E-state index in [1.807, 2.05) is 23.1 Å². The molecule has 2 aliphatic rings. The Hall–Kier alpha value is -1.42. The fraction of sp³-hybridized carbons (Fsp3) is 0.647. The molecular formula is C17H25N3O. The van der Waals surface area contributed by atoms with Gasteiger partial charge in [0.15, 0.2) is 0 Å². The Morgan fingerprint density at radius 1 is 1.29 bits per heavy atom. The van der Waals surface area contributed by atoms with Gasteiger partial charge in [0.2, 0.25) is 5.91 Å². The van der Waals surface area contributed by atoms with Crippen LogP contribution in [0.15, 0.2) is 24.4 Å². The summed E-state index contributed by atoms with van der Waals surface area (Å²) >= 11 is 0. The molecule has 1 amide bonds. The van der Waals surface area contributed by atoms with Gasteiger partial charge in [0.25, 0.3) is 0 Å². The standard InChI is InChI=1S/C17H25N3O/c1-14(2)11-19-9-6-17(13-19)7-10-20(16(17)21)12-15-5-3-4-8-18-15/h3-5,8,14H,6-7,9-13H2,1-2H3/t17-/m0/s1. The third kappa shape index (κ3) is 2.95. The maximum atomic E-state index is 12.8. The van der Waals surface area contributed by atoms with Crippen molar-refractivity contribution >= 4 is 5.91 Å². The molecule has 2 aliphatic heterocycles. The summed E-state index contributed by atoms with van der Waals surface area (Å²) in [6.45, 7) is 9.15. The summed E-state index contributed by atoms with van der Waals surface area (Å²) < 4.78 is 0. The van der Waals surface area contributed by atoms with E-state index in [1.165, 1.54) is 0 Å². The Kier molecular flexibility index (Phi) is 3.98. The van der Waals surface area contributed by atoms with Gasteiger partial charge in [-0.15, -0.1) is 0 Å². The Bertz CT molecular complexity index is 502. The number of likely N-dealkylation sites (tertiary alicyclic amines) is 2. The highest BCUT2D eigenvalue weighted by atomic mass is 16.2. The molecule has 0 N–H and O–H groups in total. The van der Waals surface area contributed by atoms with Gasteiger partial charge in [-0.1, -0.05) is 19.9 Å². The number of amides is 1. The monoisotopic (exact) mass is 287 g/mol. The lowest BCUT2D eigenvalue weighted by molar-refractivity contribution is -0.136. The van der Waals surface area contributed by atoms with Crippen molar-refractivity contribution in [1.29, 1.82) is 0 Å². The predicted octanol–water partition coefficient (Wildman–Crippen LogP) is 2.16. The Labute approximate surface area is 127 Å². The van der Waals surface area contributed by atoms with Crippen molar-refractivity contribution in [1.82, 2.24) is 14.8 Å². The summed E-state index contributed by atoms with van der Waals surface area (Å²) in [5, 5.41) is 0. The van der Waals surface area contributed by atoms with Gasteiger partial charge in [-0.3, -0.25) is 9.78 Å². The van der Waals surface area contributed by atoms with Crippen LogP contribution in [0.1, 0.15) is 32.4 Å². The lowest BCUT2D eigenvalue weighted by Crippen LogP contribution is -2.37. The fourth-order valence-corrected chi connectivity index (χ4v) is 3.74. The lowest BCUT2D eigenvalue weighted by atomic mass is 9.85. The summed E-state index contributed by atoms with van der Waals surface area (Å²) in [6, 6.07) is 5.90. The van der Waals surface area contributed by atoms with Crippen LogP contribution in [0.5, 0.6) is 0 Å². The molecule has 1 spiro atoms. The molecule has 0 saturated carbocycles. The zero-order valence-electron chi connectivity index (χ0n) is 13.1. The quantitative estimate of drug-likeness (QED) is 0.851. The third-order valence-electron chi connectivity index (χ3n) is 4.74. The van der Waals surface area contributed by atoms with Gasteiger partial charge in [-0.05, 0) is 37.4 Å². The van der Waals surface area contributed by atoms with Crippen molar-refractivity contribution in [3.63, 3.8) is 0 Å². The average Bonchev–Trinajstić information content (AvgIpc) is 2.99. The third-order valence-corrected chi connectivity index (χ3v) is 4.74. The first kappa shape index (κ1) is 14.5. The molecule has 0 aliphatic carbocycles. The maximum absolute atomic E-state index is 12.8. The molecule has 114 valence electrons. The van der Waals surface area contributed by atoms with Crippen LogP contribution in [0, 0.1) is 11.3 Å². The summed E-state index contributed by atoms with van der Waals surface area (Å²) in [6.07, 6.45) is 3.83. The van der Waals surface area contributed by atoms with Crippen LogP contribution >= 0.6 is 0 Å². The summed E-state index contributed by atoms with van der Waals surface area (Å²) in [4.78, 5) is 21.6. The Balaban J connectivity index is 1.64. The Morgan fingerprint density at radius 3 is 2.81 bits per heavy atom. The average molecular weight is 287 g/mol. The smallest absolute Gasteiger partial charge is 0.230 e. The van der Waals surface area contributed by atoms with E-state index in [9.17, 15) is 4.79 Å². The summed E-state index contributed by atoms with van der Waals surface area (Å²) in [5.74, 6) is 1.01. The molecule has 0 aromatic carbocycles. The SMILES string of the molecule is CC(C)CN1CC[C@]2(CCN(Cc3ccccn3)C2=O)C1. The largest absolute Gasteiger partial charge is 0.336 e. The minimum absolute atomic E-state index is 0.107. The van der Waals surface area contributed by atoms with Gasteiger partial charge < -0.3 is 9.80 Å². The zero-order valence-corrected chi connectivity index (χ0v) is 13.1. The van der Waals surface area contributed by atoms with Gasteiger partial charge in [0, 0.05) is 25.8 Å². The number of carbonyl (C=O) groups is 1. The molecule has 1 atom stereocenters. The topological polar surface area (TPSA) is 36.4 Å². The molecule has 2 saturated heterocycles. The molecule has 0 radical (unpaired) electrons. The molecule has 1 aromatic heterocycles. The first-order chi connectivity index (χ1) is 10.1. The van der Waals surface area contributed by atoms with Gasteiger partial charge in [0.05, 0.1) is 17.7 Å². The number of hydrogen-bond acceptors (Lipinski definition) is 3. The minimum Gasteiger partial charge on any atom is -0.336 e. The van der Waals surface area contributed by atoms with Gasteiger partial charge >= 0.3 is 0 Å². The molecule has 3 rings (SSSR count). The normalized spacial score (nSPS) is 26.4. The number of rotatable bonds is 4. The van der Waals surface area contributed by atoms with Crippen LogP contribution < -0.4 is 0 Å². The second-order valence-corrected chi connectivity index (χ2v) is 6.96. The van der Waals surface area contributed by atoms with Gasteiger partial charge in [-0.25, -0.2) is 0 Å². The predicted molar refractivity (Wildman–Crippen MR) is 82.6 cm³/mol. The molecule has 21 heavy (non-hydrogen) atoms. The molecule has 3 heterocycles. The van der Waals surface area contributed by atoms with E-state index in [4.69, 9.17) is 0 Å². The van der Waals surface area contributed by atoms with E-state index in [0.29, 0.717) is 18.4 Å². The highest BCUT2D eigenvalue weighted by Gasteiger charge is 2.50. The first-order valence-corrected chi connectivity index (χ1v) is 8.01. The van der Waals surface area contributed by atoms with Crippen molar-refractivity contribution in [2.75, 3.05) is 26.2 Å². The van der Waals surface area contributed by atoms with E-state index < -0.39 is 0 Å². The highest BCUT2D eigenvalue weighted by Crippen LogP contribution is 2.41. The lowest BCUT2D eigenvalue weighted by Gasteiger charge is -2.24. The minimum atomic E-state index is -0.107. The fourth-order valence-electron chi connectivity index (χ4n) is 3.74. The number of nitrogens with zero attached hydrogens (tertiary/aromatic N) is 3. The van der Waals surface area contributed by atoms with Gasteiger partial charge in [0.1, 0.15) is 0 Å². The number of aromatic nitrogens is 1.